The van der Waals surface area contributed by atoms with Crippen molar-refractivity contribution in [1.82, 2.24) is 9.34 Å². The van der Waals surface area contributed by atoms with Crippen molar-refractivity contribution in [1.29, 1.82) is 0 Å². The van der Waals surface area contributed by atoms with E-state index >= 15 is 0 Å². The average Bonchev–Trinajstić information content (AvgIpc) is 2.54. The minimum atomic E-state index is -2.98. The number of hydrogen-bond donors (Lipinski definition) is 0. The van der Waals surface area contributed by atoms with Gasteiger partial charge in [0.15, 0.2) is 0 Å². The van der Waals surface area contributed by atoms with Gasteiger partial charge in [-0.15, -0.1) is 26.3 Å². The highest BCUT2D eigenvalue weighted by Gasteiger charge is 2.36. The van der Waals surface area contributed by atoms with Crippen molar-refractivity contribution in [2.24, 2.45) is 0 Å². The summed E-state index contributed by atoms with van der Waals surface area (Å²) in [6.07, 6.45) is 7.05. The summed E-state index contributed by atoms with van der Waals surface area (Å²) < 4.78 is 17.9. The lowest BCUT2D eigenvalue weighted by atomic mass is 10.4. The lowest BCUT2D eigenvalue weighted by Gasteiger charge is -2.38. The largest absolute Gasteiger partial charge is 0.283 e. The SMILES string of the molecule is C=CCN(CC=C)P(=O)(c1ccccc1)N(CC=C)CC=C. The second-order valence-electron chi connectivity index (χ2n) is 4.78. The summed E-state index contributed by atoms with van der Waals surface area (Å²) in [7, 11) is -2.98. The molecule has 0 aromatic heterocycles. The Morgan fingerprint density at radius 3 is 1.45 bits per heavy atom. The van der Waals surface area contributed by atoms with E-state index in [0.717, 1.165) is 5.30 Å². The Hall–Kier alpha value is -1.67. The van der Waals surface area contributed by atoms with Gasteiger partial charge in [0.1, 0.15) is 0 Å². The van der Waals surface area contributed by atoms with Crippen LogP contribution in [0.3, 0.4) is 0 Å². The van der Waals surface area contributed by atoms with E-state index < -0.39 is 7.44 Å². The van der Waals surface area contributed by atoms with E-state index in [1.165, 1.54) is 0 Å². The van der Waals surface area contributed by atoms with Crippen LogP contribution in [0.5, 0.6) is 0 Å². The zero-order chi connectivity index (χ0) is 16.4. The van der Waals surface area contributed by atoms with Crippen molar-refractivity contribution in [3.05, 3.63) is 81.0 Å². The Labute approximate surface area is 134 Å². The van der Waals surface area contributed by atoms with E-state index in [9.17, 15) is 4.57 Å². The summed E-state index contributed by atoms with van der Waals surface area (Å²) >= 11 is 0. The van der Waals surface area contributed by atoms with Gasteiger partial charge in [-0.3, -0.25) is 4.57 Å². The molecule has 0 N–H and O–H groups in total. The van der Waals surface area contributed by atoms with E-state index in [1.807, 2.05) is 39.7 Å². The van der Waals surface area contributed by atoms with Crippen LogP contribution in [0.2, 0.25) is 0 Å². The molecule has 0 unspecified atom stereocenters. The highest BCUT2D eigenvalue weighted by Crippen LogP contribution is 2.51. The molecule has 0 aliphatic rings. The van der Waals surface area contributed by atoms with Crippen molar-refractivity contribution in [2.75, 3.05) is 26.2 Å². The minimum Gasteiger partial charge on any atom is -0.283 e. The lowest BCUT2D eigenvalue weighted by molar-refractivity contribution is 0.400. The molecule has 0 saturated carbocycles. The third-order valence-electron chi connectivity index (χ3n) is 3.22. The Morgan fingerprint density at radius 2 is 1.14 bits per heavy atom. The van der Waals surface area contributed by atoms with Crippen LogP contribution >= 0.6 is 7.44 Å². The number of rotatable bonds is 11. The second-order valence-corrected chi connectivity index (χ2v) is 7.51. The van der Waals surface area contributed by atoms with Crippen LogP contribution in [-0.2, 0) is 4.57 Å². The van der Waals surface area contributed by atoms with Gasteiger partial charge in [-0.05, 0) is 12.1 Å². The van der Waals surface area contributed by atoms with Crippen LogP contribution in [0.15, 0.2) is 81.0 Å². The number of benzene rings is 1. The fourth-order valence-electron chi connectivity index (χ4n) is 2.32. The molecule has 0 bridgehead atoms. The summed E-state index contributed by atoms with van der Waals surface area (Å²) in [5, 5.41) is 0.794. The van der Waals surface area contributed by atoms with E-state index in [-0.39, 0.29) is 0 Å². The Morgan fingerprint density at radius 1 is 0.773 bits per heavy atom. The monoisotopic (exact) mass is 316 g/mol. The average molecular weight is 316 g/mol. The third kappa shape index (κ3) is 4.17. The molecule has 0 aliphatic heterocycles. The van der Waals surface area contributed by atoms with E-state index in [2.05, 4.69) is 26.3 Å². The molecular formula is C18H25N2OP. The summed E-state index contributed by atoms with van der Waals surface area (Å²) in [6, 6.07) is 9.53. The van der Waals surface area contributed by atoms with Crippen LogP contribution in [-0.4, -0.2) is 35.5 Å². The normalized spacial score (nSPS) is 11.4. The Bertz CT molecular complexity index is 505. The van der Waals surface area contributed by atoms with Crippen molar-refractivity contribution in [3.63, 3.8) is 0 Å². The molecule has 0 aliphatic carbocycles. The van der Waals surface area contributed by atoms with E-state index in [1.54, 1.807) is 24.3 Å². The molecule has 3 nitrogen and oxygen atoms in total. The molecule has 0 radical (unpaired) electrons. The molecule has 0 atom stereocenters. The maximum atomic E-state index is 14.0. The van der Waals surface area contributed by atoms with Gasteiger partial charge < -0.3 is 0 Å². The summed E-state index contributed by atoms with van der Waals surface area (Å²) in [5.74, 6) is 0. The van der Waals surface area contributed by atoms with Crippen molar-refractivity contribution in [3.8, 4) is 0 Å². The molecular weight excluding hydrogens is 291 g/mol. The molecule has 22 heavy (non-hydrogen) atoms. The first-order valence-electron chi connectivity index (χ1n) is 7.25. The molecule has 4 heteroatoms. The third-order valence-corrected chi connectivity index (χ3v) is 6.38. The minimum absolute atomic E-state index is 0.517. The number of hydrogen-bond acceptors (Lipinski definition) is 1. The van der Waals surface area contributed by atoms with Crippen LogP contribution in [0, 0.1) is 0 Å². The topological polar surface area (TPSA) is 23.6 Å². The van der Waals surface area contributed by atoms with Gasteiger partial charge in [0.05, 0.1) is 0 Å². The fourth-order valence-corrected chi connectivity index (χ4v) is 5.23. The molecule has 0 amide bonds. The highest BCUT2D eigenvalue weighted by molar-refractivity contribution is 7.67. The van der Waals surface area contributed by atoms with Gasteiger partial charge >= 0.3 is 0 Å². The first-order chi connectivity index (χ1) is 10.6. The zero-order valence-corrected chi connectivity index (χ0v) is 14.0. The van der Waals surface area contributed by atoms with Gasteiger partial charge in [0, 0.05) is 31.5 Å². The summed E-state index contributed by atoms with van der Waals surface area (Å²) in [5.41, 5.74) is 0. The maximum absolute atomic E-state index is 14.0. The molecule has 0 heterocycles. The molecule has 0 saturated heterocycles. The van der Waals surface area contributed by atoms with E-state index in [0.29, 0.717) is 26.2 Å². The van der Waals surface area contributed by atoms with Gasteiger partial charge in [-0.2, -0.15) is 0 Å². The molecule has 118 valence electrons. The lowest BCUT2D eigenvalue weighted by Crippen LogP contribution is -2.37. The zero-order valence-electron chi connectivity index (χ0n) is 13.1. The highest BCUT2D eigenvalue weighted by atomic mass is 31.2. The van der Waals surface area contributed by atoms with Crippen LogP contribution in [0.25, 0.3) is 0 Å². The van der Waals surface area contributed by atoms with Crippen LogP contribution < -0.4 is 5.30 Å². The smallest absolute Gasteiger partial charge is 0.246 e. The Balaban J connectivity index is 3.43. The number of nitrogens with zero attached hydrogens (tertiary/aromatic N) is 2. The summed E-state index contributed by atoms with van der Waals surface area (Å²) in [6.45, 7) is 17.2. The van der Waals surface area contributed by atoms with Crippen molar-refractivity contribution in [2.45, 2.75) is 0 Å². The second kappa shape index (κ2) is 9.37. The standard InChI is InChI=1S/C18H25N2OP/c1-5-14-19(15-6-2)22(21,18-12-10-9-11-13-18)20(16-7-3)17-8-4/h5-13H,1-4,14-17H2. The van der Waals surface area contributed by atoms with Crippen molar-refractivity contribution < 1.29 is 4.57 Å². The van der Waals surface area contributed by atoms with Crippen LogP contribution in [0.4, 0.5) is 0 Å². The molecule has 1 rings (SSSR count). The maximum Gasteiger partial charge on any atom is 0.246 e. The predicted molar refractivity (Wildman–Crippen MR) is 97.6 cm³/mol. The first-order valence-corrected chi connectivity index (χ1v) is 8.86. The molecule has 1 aromatic carbocycles. The molecule has 0 fully saturated rings. The van der Waals surface area contributed by atoms with Crippen molar-refractivity contribution >= 4 is 12.7 Å². The predicted octanol–water partition coefficient (Wildman–Crippen LogP) is 3.85. The van der Waals surface area contributed by atoms with Gasteiger partial charge in [-0.25, -0.2) is 9.34 Å². The fraction of sp³-hybridized carbons (Fsp3) is 0.222. The Kier molecular flexibility index (Phi) is 7.83. The first kappa shape index (κ1) is 18.4. The van der Waals surface area contributed by atoms with E-state index in [4.69, 9.17) is 0 Å². The van der Waals surface area contributed by atoms with Crippen LogP contribution in [0.1, 0.15) is 0 Å². The van der Waals surface area contributed by atoms with Gasteiger partial charge in [-0.1, -0.05) is 42.5 Å². The molecule has 0 spiro atoms. The van der Waals surface area contributed by atoms with Gasteiger partial charge in [0.25, 0.3) is 0 Å². The van der Waals surface area contributed by atoms with Gasteiger partial charge in [0.2, 0.25) is 7.44 Å². The quantitative estimate of drug-likeness (QED) is 0.457. The molecule has 1 aromatic rings. The summed E-state index contributed by atoms with van der Waals surface area (Å²) in [4.78, 5) is 0.